The van der Waals surface area contributed by atoms with Gasteiger partial charge in [0.15, 0.2) is 0 Å². The number of nitrogens with zero attached hydrogens (tertiary/aromatic N) is 2. The standard InChI is InChI=1S/C14H16Br2N2/c1-18-10-11(9-17-18)5-6-13(8-15)12-3-2-4-14(16)7-12/h2-4,7,9-10,13H,5-6,8H2,1H3. The second-order valence-electron chi connectivity index (χ2n) is 4.47. The molecule has 0 radical (unpaired) electrons. The molecule has 0 amide bonds. The Balaban J connectivity index is 2.01. The Morgan fingerprint density at radius 3 is 2.83 bits per heavy atom. The van der Waals surface area contributed by atoms with E-state index in [1.54, 1.807) is 0 Å². The first-order valence-corrected chi connectivity index (χ1v) is 7.89. The Morgan fingerprint density at radius 1 is 1.39 bits per heavy atom. The number of hydrogen-bond donors (Lipinski definition) is 0. The van der Waals surface area contributed by atoms with Crippen LogP contribution in [0.15, 0.2) is 41.1 Å². The summed E-state index contributed by atoms with van der Waals surface area (Å²) < 4.78 is 3.00. The first-order valence-electron chi connectivity index (χ1n) is 5.98. The topological polar surface area (TPSA) is 17.8 Å². The molecule has 0 aliphatic carbocycles. The Labute approximate surface area is 125 Å². The number of alkyl halides is 1. The molecule has 18 heavy (non-hydrogen) atoms. The van der Waals surface area contributed by atoms with Gasteiger partial charge in [0.05, 0.1) is 6.20 Å². The number of rotatable bonds is 5. The molecule has 0 fully saturated rings. The van der Waals surface area contributed by atoms with Gasteiger partial charge in [0.1, 0.15) is 0 Å². The maximum atomic E-state index is 4.20. The molecule has 1 aromatic carbocycles. The highest BCUT2D eigenvalue weighted by Crippen LogP contribution is 2.26. The minimum atomic E-state index is 0.544. The summed E-state index contributed by atoms with van der Waals surface area (Å²) in [7, 11) is 1.96. The van der Waals surface area contributed by atoms with Crippen LogP contribution in [0.3, 0.4) is 0 Å². The smallest absolute Gasteiger partial charge is 0.0521 e. The highest BCUT2D eigenvalue weighted by Gasteiger charge is 2.11. The summed E-state index contributed by atoms with van der Waals surface area (Å²) in [5.41, 5.74) is 2.68. The summed E-state index contributed by atoms with van der Waals surface area (Å²) in [4.78, 5) is 0. The lowest BCUT2D eigenvalue weighted by atomic mass is 9.95. The molecule has 2 aromatic rings. The molecule has 0 spiro atoms. The Hall–Kier alpha value is -0.610. The van der Waals surface area contributed by atoms with E-state index in [1.165, 1.54) is 11.1 Å². The highest BCUT2D eigenvalue weighted by atomic mass is 79.9. The molecule has 96 valence electrons. The number of benzene rings is 1. The van der Waals surface area contributed by atoms with E-state index in [9.17, 15) is 0 Å². The van der Waals surface area contributed by atoms with Crippen LogP contribution in [0.1, 0.15) is 23.5 Å². The predicted molar refractivity (Wildman–Crippen MR) is 82.2 cm³/mol. The van der Waals surface area contributed by atoms with Gasteiger partial charge < -0.3 is 0 Å². The number of aryl methyl sites for hydroxylation is 2. The van der Waals surface area contributed by atoms with Crippen LogP contribution in [-0.2, 0) is 13.5 Å². The van der Waals surface area contributed by atoms with Gasteiger partial charge in [-0.05, 0) is 42.0 Å². The minimum absolute atomic E-state index is 0.544. The fraction of sp³-hybridized carbons (Fsp3) is 0.357. The summed E-state index contributed by atoms with van der Waals surface area (Å²) >= 11 is 7.15. The summed E-state index contributed by atoms with van der Waals surface area (Å²) in [6.45, 7) is 0. The molecule has 2 rings (SSSR count). The second kappa shape index (κ2) is 6.53. The van der Waals surface area contributed by atoms with Gasteiger partial charge in [-0.2, -0.15) is 5.10 Å². The number of aromatic nitrogens is 2. The average molecular weight is 372 g/mol. The molecule has 0 N–H and O–H groups in total. The molecule has 0 aliphatic rings. The molecule has 0 saturated carbocycles. The second-order valence-corrected chi connectivity index (χ2v) is 6.03. The molecule has 2 nitrogen and oxygen atoms in total. The van der Waals surface area contributed by atoms with Crippen molar-refractivity contribution in [3.05, 3.63) is 52.3 Å². The van der Waals surface area contributed by atoms with Gasteiger partial charge >= 0.3 is 0 Å². The molecule has 0 aliphatic heterocycles. The summed E-state index contributed by atoms with van der Waals surface area (Å²) in [6, 6.07) is 8.56. The lowest BCUT2D eigenvalue weighted by Crippen LogP contribution is -2.02. The van der Waals surface area contributed by atoms with Crippen molar-refractivity contribution in [3.8, 4) is 0 Å². The fourth-order valence-corrected chi connectivity index (χ4v) is 3.15. The third-order valence-electron chi connectivity index (χ3n) is 3.05. The van der Waals surface area contributed by atoms with E-state index in [-0.39, 0.29) is 0 Å². The molecule has 1 atom stereocenters. The Bertz CT molecular complexity index is 508. The van der Waals surface area contributed by atoms with Crippen LogP contribution in [0, 0.1) is 0 Å². The fourth-order valence-electron chi connectivity index (χ4n) is 2.04. The van der Waals surface area contributed by atoms with E-state index >= 15 is 0 Å². The third kappa shape index (κ3) is 3.69. The summed E-state index contributed by atoms with van der Waals surface area (Å²) in [5, 5.41) is 5.19. The molecule has 1 heterocycles. The summed E-state index contributed by atoms with van der Waals surface area (Å²) in [5.74, 6) is 0.544. The van der Waals surface area contributed by atoms with Crippen LogP contribution in [0.4, 0.5) is 0 Å². The zero-order chi connectivity index (χ0) is 13.0. The van der Waals surface area contributed by atoms with Crippen LogP contribution in [-0.4, -0.2) is 15.1 Å². The minimum Gasteiger partial charge on any atom is -0.276 e. The van der Waals surface area contributed by atoms with Crippen molar-refractivity contribution >= 4 is 31.9 Å². The zero-order valence-electron chi connectivity index (χ0n) is 10.3. The van der Waals surface area contributed by atoms with Crippen molar-refractivity contribution in [2.75, 3.05) is 5.33 Å². The van der Waals surface area contributed by atoms with Crippen molar-refractivity contribution < 1.29 is 0 Å². The van der Waals surface area contributed by atoms with E-state index in [2.05, 4.69) is 67.4 Å². The predicted octanol–water partition coefficient (Wildman–Crippen LogP) is 4.29. The average Bonchev–Trinajstić information content (AvgIpc) is 2.76. The molecule has 4 heteroatoms. The third-order valence-corrected chi connectivity index (χ3v) is 4.32. The van der Waals surface area contributed by atoms with E-state index in [4.69, 9.17) is 0 Å². The van der Waals surface area contributed by atoms with Crippen LogP contribution in [0.2, 0.25) is 0 Å². The first kappa shape index (κ1) is 13.8. The van der Waals surface area contributed by atoms with E-state index in [0.717, 1.165) is 22.6 Å². The lowest BCUT2D eigenvalue weighted by Gasteiger charge is -2.14. The van der Waals surface area contributed by atoms with Gasteiger partial charge in [-0.3, -0.25) is 4.68 Å². The van der Waals surface area contributed by atoms with Gasteiger partial charge in [-0.1, -0.05) is 44.0 Å². The van der Waals surface area contributed by atoms with Crippen LogP contribution in [0.5, 0.6) is 0 Å². The van der Waals surface area contributed by atoms with Gasteiger partial charge in [0, 0.05) is 23.0 Å². The molecular formula is C14H16Br2N2. The van der Waals surface area contributed by atoms with Crippen molar-refractivity contribution in [2.45, 2.75) is 18.8 Å². The molecule has 0 saturated heterocycles. The zero-order valence-corrected chi connectivity index (χ0v) is 13.5. The van der Waals surface area contributed by atoms with Gasteiger partial charge in [0.25, 0.3) is 0 Å². The van der Waals surface area contributed by atoms with E-state index < -0.39 is 0 Å². The largest absolute Gasteiger partial charge is 0.276 e. The highest BCUT2D eigenvalue weighted by molar-refractivity contribution is 9.10. The Kier molecular flexibility index (Phi) is 5.01. The van der Waals surface area contributed by atoms with E-state index in [1.807, 2.05) is 17.9 Å². The van der Waals surface area contributed by atoms with Crippen molar-refractivity contribution in [1.82, 2.24) is 9.78 Å². The van der Waals surface area contributed by atoms with Crippen LogP contribution in [0.25, 0.3) is 0 Å². The van der Waals surface area contributed by atoms with Crippen molar-refractivity contribution in [1.29, 1.82) is 0 Å². The molecule has 1 aromatic heterocycles. The van der Waals surface area contributed by atoms with Crippen LogP contribution >= 0.6 is 31.9 Å². The SMILES string of the molecule is Cn1cc(CCC(CBr)c2cccc(Br)c2)cn1. The van der Waals surface area contributed by atoms with Crippen LogP contribution < -0.4 is 0 Å². The normalized spacial score (nSPS) is 12.6. The Morgan fingerprint density at radius 2 is 2.22 bits per heavy atom. The lowest BCUT2D eigenvalue weighted by molar-refractivity contribution is 0.690. The number of halogens is 2. The van der Waals surface area contributed by atoms with E-state index in [0.29, 0.717) is 5.92 Å². The van der Waals surface area contributed by atoms with Gasteiger partial charge in [-0.25, -0.2) is 0 Å². The molecule has 0 bridgehead atoms. The number of hydrogen-bond acceptors (Lipinski definition) is 1. The first-order chi connectivity index (χ1) is 8.69. The maximum absolute atomic E-state index is 4.20. The monoisotopic (exact) mass is 370 g/mol. The summed E-state index contributed by atoms with van der Waals surface area (Å²) in [6.07, 6.45) is 6.24. The van der Waals surface area contributed by atoms with Crippen molar-refractivity contribution in [2.24, 2.45) is 7.05 Å². The van der Waals surface area contributed by atoms with Crippen molar-refractivity contribution in [3.63, 3.8) is 0 Å². The molecular weight excluding hydrogens is 356 g/mol. The molecule has 1 unspecified atom stereocenters. The maximum Gasteiger partial charge on any atom is 0.0521 e. The van der Waals surface area contributed by atoms with Gasteiger partial charge in [0.2, 0.25) is 0 Å². The van der Waals surface area contributed by atoms with Gasteiger partial charge in [-0.15, -0.1) is 0 Å². The quantitative estimate of drug-likeness (QED) is 0.716.